The van der Waals surface area contributed by atoms with Crippen LogP contribution >= 0.6 is 0 Å². The molecule has 3 rings (SSSR count). The summed E-state index contributed by atoms with van der Waals surface area (Å²) in [7, 11) is -4.19. The third-order valence-corrected chi connectivity index (χ3v) is 6.92. The predicted molar refractivity (Wildman–Crippen MR) is 109 cm³/mol. The summed E-state index contributed by atoms with van der Waals surface area (Å²) in [5, 5.41) is 20.2. The van der Waals surface area contributed by atoms with Crippen molar-refractivity contribution in [2.45, 2.75) is 36.4 Å². The number of rotatable bonds is 7. The van der Waals surface area contributed by atoms with Crippen LogP contribution in [0.15, 0.2) is 53.4 Å². The highest BCUT2D eigenvalue weighted by Gasteiger charge is 2.44. The number of nitrogens with one attached hydrogen (secondary N) is 2. The Kier molecular flexibility index (Phi) is 7.28. The molecule has 2 aromatic rings. The number of nitrogens with zero attached hydrogens (tertiary/aromatic N) is 1. The van der Waals surface area contributed by atoms with Crippen LogP contribution in [0, 0.1) is 5.82 Å². The number of hydroxylamine groups is 1. The highest BCUT2D eigenvalue weighted by molar-refractivity contribution is 7.89. The molecule has 12 heteroatoms. The highest BCUT2D eigenvalue weighted by Crippen LogP contribution is 2.27. The number of benzene rings is 2. The van der Waals surface area contributed by atoms with Gasteiger partial charge in [-0.15, -0.1) is 0 Å². The summed E-state index contributed by atoms with van der Waals surface area (Å²) in [4.78, 5) is 23.1. The van der Waals surface area contributed by atoms with Gasteiger partial charge in [0.15, 0.2) is 0 Å². The second-order valence-corrected chi connectivity index (χ2v) is 9.01. The van der Waals surface area contributed by atoms with E-state index in [1.807, 2.05) is 0 Å². The molecule has 0 saturated carbocycles. The van der Waals surface area contributed by atoms with Crippen LogP contribution in [-0.2, 0) is 21.4 Å². The fourth-order valence-electron chi connectivity index (χ4n) is 3.51. The second-order valence-electron chi connectivity index (χ2n) is 7.12. The molecule has 0 bridgehead atoms. The Morgan fingerprint density at radius 1 is 1.12 bits per heavy atom. The topological polar surface area (TPSA) is 145 Å². The molecular weight excluding hydrogens is 445 g/mol. The van der Waals surface area contributed by atoms with E-state index in [0.717, 1.165) is 9.87 Å². The van der Waals surface area contributed by atoms with Crippen LogP contribution in [0.5, 0.6) is 5.75 Å². The predicted octanol–water partition coefficient (Wildman–Crippen LogP) is 1.70. The number of ether oxygens (including phenoxy) is 1. The highest BCUT2D eigenvalue weighted by atomic mass is 32.2. The number of hydrogen-bond donors (Lipinski definition) is 4. The van der Waals surface area contributed by atoms with Gasteiger partial charge in [-0.1, -0.05) is 12.1 Å². The van der Waals surface area contributed by atoms with Gasteiger partial charge in [0.2, 0.25) is 10.0 Å². The summed E-state index contributed by atoms with van der Waals surface area (Å²) in [5.41, 5.74) is 2.14. The first kappa shape index (κ1) is 23.4. The van der Waals surface area contributed by atoms with Crippen LogP contribution in [0.3, 0.4) is 0 Å². The first-order valence-corrected chi connectivity index (χ1v) is 11.1. The van der Waals surface area contributed by atoms with E-state index < -0.39 is 34.1 Å². The molecule has 2 amide bonds. The van der Waals surface area contributed by atoms with Crippen LogP contribution in [0.2, 0.25) is 0 Å². The standard InChI is InChI=1S/C20H22FN3O7S/c21-14-5-3-13(4-6-14)12-31-15-7-9-16(10-8-15)32(29,30)24-11-1-2-17(22-20(26)27)18(24)19(25)23-28/h3-10,17-18,22,28H,1-2,11-12H2,(H,23,25)(H,26,27). The van der Waals surface area contributed by atoms with Crippen molar-refractivity contribution >= 4 is 22.0 Å². The molecule has 1 fully saturated rings. The van der Waals surface area contributed by atoms with Gasteiger partial charge >= 0.3 is 6.09 Å². The van der Waals surface area contributed by atoms with E-state index in [9.17, 15) is 22.4 Å². The van der Waals surface area contributed by atoms with Crippen LogP contribution < -0.4 is 15.5 Å². The van der Waals surface area contributed by atoms with Gasteiger partial charge < -0.3 is 15.2 Å². The van der Waals surface area contributed by atoms with Gasteiger partial charge in [-0.05, 0) is 54.8 Å². The Morgan fingerprint density at radius 2 is 1.78 bits per heavy atom. The minimum Gasteiger partial charge on any atom is -0.489 e. The average Bonchev–Trinajstić information content (AvgIpc) is 2.78. The molecule has 0 spiro atoms. The Morgan fingerprint density at radius 3 is 2.38 bits per heavy atom. The maximum atomic E-state index is 13.2. The van der Waals surface area contributed by atoms with Crippen LogP contribution in [0.4, 0.5) is 9.18 Å². The molecule has 0 aromatic heterocycles. The number of sulfonamides is 1. The fourth-order valence-corrected chi connectivity index (χ4v) is 5.18. The van der Waals surface area contributed by atoms with E-state index in [2.05, 4.69) is 5.32 Å². The van der Waals surface area contributed by atoms with Gasteiger partial charge in [0.05, 0.1) is 10.9 Å². The lowest BCUT2D eigenvalue weighted by molar-refractivity contribution is -0.134. The fraction of sp³-hybridized carbons (Fsp3) is 0.300. The van der Waals surface area contributed by atoms with Crippen molar-refractivity contribution in [2.75, 3.05) is 6.54 Å². The van der Waals surface area contributed by atoms with Crippen LogP contribution in [-0.4, -0.2) is 53.7 Å². The molecule has 1 aliphatic rings. The number of halogens is 1. The Balaban J connectivity index is 1.78. The van der Waals surface area contributed by atoms with Crippen molar-refractivity contribution in [3.8, 4) is 5.75 Å². The SMILES string of the molecule is O=C(O)NC1CCCN(S(=O)(=O)c2ccc(OCc3ccc(F)cc3)cc2)C1C(=O)NO. The van der Waals surface area contributed by atoms with Crippen molar-refractivity contribution < 1.29 is 37.4 Å². The van der Waals surface area contributed by atoms with Gasteiger partial charge in [-0.2, -0.15) is 4.31 Å². The zero-order valence-electron chi connectivity index (χ0n) is 16.8. The van der Waals surface area contributed by atoms with Gasteiger partial charge in [0, 0.05) is 6.54 Å². The van der Waals surface area contributed by atoms with Gasteiger partial charge in [-0.3, -0.25) is 10.0 Å². The molecule has 2 unspecified atom stereocenters. The van der Waals surface area contributed by atoms with Crippen molar-refractivity contribution in [2.24, 2.45) is 0 Å². The number of carbonyl (C=O) groups excluding carboxylic acids is 1. The summed E-state index contributed by atoms with van der Waals surface area (Å²) >= 11 is 0. The van der Waals surface area contributed by atoms with E-state index in [1.165, 1.54) is 41.9 Å². The van der Waals surface area contributed by atoms with E-state index in [1.54, 1.807) is 12.1 Å². The molecule has 10 nitrogen and oxygen atoms in total. The molecule has 2 aromatic carbocycles. The lowest BCUT2D eigenvalue weighted by Crippen LogP contribution is -2.62. The Bertz CT molecular complexity index is 1060. The van der Waals surface area contributed by atoms with Crippen molar-refractivity contribution in [1.29, 1.82) is 0 Å². The summed E-state index contributed by atoms with van der Waals surface area (Å²) in [5.74, 6) is -1.02. The first-order valence-electron chi connectivity index (χ1n) is 9.65. The molecule has 2 atom stereocenters. The van der Waals surface area contributed by atoms with Crippen molar-refractivity contribution in [1.82, 2.24) is 15.1 Å². The largest absolute Gasteiger partial charge is 0.489 e. The molecule has 4 N–H and O–H groups in total. The summed E-state index contributed by atoms with van der Waals surface area (Å²) in [6.45, 7) is 0.126. The second kappa shape index (κ2) is 9.94. The molecular formula is C20H22FN3O7S. The minimum absolute atomic E-state index is 0.0267. The van der Waals surface area contributed by atoms with Crippen LogP contribution in [0.25, 0.3) is 0 Å². The molecule has 1 heterocycles. The minimum atomic E-state index is -4.19. The van der Waals surface area contributed by atoms with E-state index in [-0.39, 0.29) is 30.3 Å². The monoisotopic (exact) mass is 467 g/mol. The molecule has 172 valence electrons. The number of hydrogen-bond acceptors (Lipinski definition) is 6. The lowest BCUT2D eigenvalue weighted by Gasteiger charge is -2.38. The quantitative estimate of drug-likeness (QED) is 0.358. The number of piperidine rings is 1. The Hall–Kier alpha value is -3.22. The molecule has 0 aliphatic carbocycles. The van der Waals surface area contributed by atoms with E-state index >= 15 is 0 Å². The molecule has 1 saturated heterocycles. The maximum absolute atomic E-state index is 13.2. The van der Waals surface area contributed by atoms with Crippen LogP contribution in [0.1, 0.15) is 18.4 Å². The van der Waals surface area contributed by atoms with E-state index in [4.69, 9.17) is 15.1 Å². The van der Waals surface area contributed by atoms with E-state index in [0.29, 0.717) is 12.2 Å². The summed E-state index contributed by atoms with van der Waals surface area (Å²) in [6, 6.07) is 8.75. The lowest BCUT2D eigenvalue weighted by atomic mass is 9.98. The number of carboxylic acid groups (broad SMARTS) is 1. The maximum Gasteiger partial charge on any atom is 0.404 e. The first-order chi connectivity index (χ1) is 15.2. The average molecular weight is 467 g/mol. The van der Waals surface area contributed by atoms with Crippen molar-refractivity contribution in [3.05, 3.63) is 59.9 Å². The molecule has 32 heavy (non-hydrogen) atoms. The van der Waals surface area contributed by atoms with Gasteiger partial charge in [-0.25, -0.2) is 23.1 Å². The third kappa shape index (κ3) is 5.33. The molecule has 0 radical (unpaired) electrons. The van der Waals surface area contributed by atoms with Gasteiger partial charge in [0.25, 0.3) is 5.91 Å². The van der Waals surface area contributed by atoms with Crippen molar-refractivity contribution in [3.63, 3.8) is 0 Å². The Labute approximate surface area is 183 Å². The van der Waals surface area contributed by atoms with Gasteiger partial charge in [0.1, 0.15) is 24.2 Å². The zero-order chi connectivity index (χ0) is 23.3. The zero-order valence-corrected chi connectivity index (χ0v) is 17.6. The summed E-state index contributed by atoms with van der Waals surface area (Å²) in [6.07, 6.45) is -0.863. The third-order valence-electron chi connectivity index (χ3n) is 5.02. The number of carbonyl (C=O) groups is 2. The smallest absolute Gasteiger partial charge is 0.404 e. The molecule has 1 aliphatic heterocycles. The summed E-state index contributed by atoms with van der Waals surface area (Å²) < 4.78 is 45.8. The number of amides is 2. The normalized spacial score (nSPS) is 19.2.